The van der Waals surface area contributed by atoms with E-state index in [9.17, 15) is 14.9 Å². The van der Waals surface area contributed by atoms with Crippen LogP contribution in [0, 0.1) is 10.1 Å². The number of benzene rings is 2. The normalized spacial score (nSPS) is 10.5. The van der Waals surface area contributed by atoms with Crippen molar-refractivity contribution in [2.24, 2.45) is 0 Å². The molecule has 136 valence electrons. The highest BCUT2D eigenvalue weighted by atomic mass is 16.6. The summed E-state index contributed by atoms with van der Waals surface area (Å²) in [5.41, 5.74) is 1.56. The average Bonchev–Trinajstić information content (AvgIpc) is 2.65. The maximum Gasteiger partial charge on any atom is 0.330 e. The Kier molecular flexibility index (Phi) is 6.73. The Morgan fingerprint density at radius 1 is 1.15 bits per heavy atom. The van der Waals surface area contributed by atoms with Crippen LogP contribution < -0.4 is 9.47 Å². The number of ether oxygens (including phenoxy) is 3. The Hall–Kier alpha value is -3.35. The summed E-state index contributed by atoms with van der Waals surface area (Å²) >= 11 is 0. The first-order valence-corrected chi connectivity index (χ1v) is 7.92. The van der Waals surface area contributed by atoms with Crippen LogP contribution in [-0.2, 0) is 16.1 Å². The summed E-state index contributed by atoms with van der Waals surface area (Å²) < 4.78 is 15.9. The van der Waals surface area contributed by atoms with Gasteiger partial charge in [-0.25, -0.2) is 4.79 Å². The molecule has 0 spiro atoms. The number of nitro benzene ring substituents is 1. The van der Waals surface area contributed by atoms with E-state index in [1.807, 2.05) is 0 Å². The Morgan fingerprint density at radius 2 is 1.88 bits per heavy atom. The lowest BCUT2D eigenvalue weighted by Crippen LogP contribution is -1.99. The van der Waals surface area contributed by atoms with Gasteiger partial charge in [-0.05, 0) is 48.4 Å². The second kappa shape index (κ2) is 9.22. The zero-order chi connectivity index (χ0) is 18.9. The van der Waals surface area contributed by atoms with Crippen LogP contribution in [0.5, 0.6) is 11.5 Å². The van der Waals surface area contributed by atoms with Gasteiger partial charge in [0.05, 0.1) is 18.6 Å². The molecule has 2 rings (SSSR count). The molecular weight excluding hydrogens is 338 g/mol. The van der Waals surface area contributed by atoms with Gasteiger partial charge in [0, 0.05) is 18.2 Å². The lowest BCUT2D eigenvalue weighted by molar-refractivity contribution is -0.384. The van der Waals surface area contributed by atoms with Crippen molar-refractivity contribution in [1.82, 2.24) is 0 Å². The van der Waals surface area contributed by atoms with Crippen molar-refractivity contribution in [3.05, 3.63) is 69.8 Å². The van der Waals surface area contributed by atoms with E-state index in [4.69, 9.17) is 14.2 Å². The molecular formula is C19H19NO6. The smallest absolute Gasteiger partial charge is 0.330 e. The topological polar surface area (TPSA) is 87.9 Å². The zero-order valence-corrected chi connectivity index (χ0v) is 14.5. The van der Waals surface area contributed by atoms with E-state index in [0.29, 0.717) is 18.1 Å². The lowest BCUT2D eigenvalue weighted by Gasteiger charge is -2.11. The van der Waals surface area contributed by atoms with E-state index in [2.05, 4.69) is 0 Å². The minimum Gasteiger partial charge on any atom is -0.493 e. The highest BCUT2D eigenvalue weighted by molar-refractivity contribution is 5.87. The number of non-ortho nitro benzene ring substituents is 1. The number of methoxy groups -OCH3 is 1. The molecule has 7 nitrogen and oxygen atoms in total. The molecule has 0 N–H and O–H groups in total. The molecule has 2 aromatic rings. The van der Waals surface area contributed by atoms with Crippen LogP contribution in [-0.4, -0.2) is 24.6 Å². The van der Waals surface area contributed by atoms with Gasteiger partial charge >= 0.3 is 5.97 Å². The standard InChI is InChI=1S/C19H19NO6/c1-3-25-19(21)11-7-14-6-10-17(24-2)18(12-14)26-13-15-4-8-16(9-5-15)20(22)23/h4-12H,3,13H2,1-2H3/b11-7+. The van der Waals surface area contributed by atoms with E-state index >= 15 is 0 Å². The van der Waals surface area contributed by atoms with Crippen molar-refractivity contribution in [2.45, 2.75) is 13.5 Å². The zero-order valence-electron chi connectivity index (χ0n) is 14.5. The van der Waals surface area contributed by atoms with Crippen LogP contribution in [0.15, 0.2) is 48.5 Å². The third-order valence-electron chi connectivity index (χ3n) is 3.43. The molecule has 0 aliphatic carbocycles. The van der Waals surface area contributed by atoms with Gasteiger partial charge in [-0.1, -0.05) is 6.07 Å². The molecule has 0 amide bonds. The van der Waals surface area contributed by atoms with Gasteiger partial charge in [-0.3, -0.25) is 10.1 Å². The second-order valence-electron chi connectivity index (χ2n) is 5.21. The number of nitrogens with zero attached hydrogens (tertiary/aromatic N) is 1. The number of hydrogen-bond donors (Lipinski definition) is 0. The fraction of sp³-hybridized carbons (Fsp3) is 0.211. The van der Waals surface area contributed by atoms with Crippen LogP contribution >= 0.6 is 0 Å². The Labute approximate surface area is 151 Å². The van der Waals surface area contributed by atoms with Crippen LogP contribution in [0.25, 0.3) is 6.08 Å². The SMILES string of the molecule is CCOC(=O)/C=C/c1ccc(OC)c(OCc2ccc([N+](=O)[O-])cc2)c1. The molecule has 0 fully saturated rings. The number of nitro groups is 1. The van der Waals surface area contributed by atoms with E-state index in [-0.39, 0.29) is 12.3 Å². The molecule has 0 aliphatic rings. The van der Waals surface area contributed by atoms with Crippen molar-refractivity contribution >= 4 is 17.7 Å². The van der Waals surface area contributed by atoms with Crippen molar-refractivity contribution in [3.63, 3.8) is 0 Å². The summed E-state index contributed by atoms with van der Waals surface area (Å²) in [6.45, 7) is 2.28. The third kappa shape index (κ3) is 5.34. The lowest BCUT2D eigenvalue weighted by atomic mass is 10.2. The summed E-state index contributed by atoms with van der Waals surface area (Å²) in [5.74, 6) is 0.619. The van der Waals surface area contributed by atoms with E-state index < -0.39 is 10.9 Å². The Balaban J connectivity index is 2.10. The largest absolute Gasteiger partial charge is 0.493 e. The van der Waals surface area contributed by atoms with E-state index in [1.54, 1.807) is 43.3 Å². The van der Waals surface area contributed by atoms with Crippen LogP contribution in [0.3, 0.4) is 0 Å². The van der Waals surface area contributed by atoms with Crippen molar-refractivity contribution < 1.29 is 23.9 Å². The number of hydrogen-bond acceptors (Lipinski definition) is 6. The third-order valence-corrected chi connectivity index (χ3v) is 3.43. The summed E-state index contributed by atoms with van der Waals surface area (Å²) in [6.07, 6.45) is 2.96. The summed E-state index contributed by atoms with van der Waals surface area (Å²) in [4.78, 5) is 21.6. The first-order valence-electron chi connectivity index (χ1n) is 7.92. The molecule has 0 unspecified atom stereocenters. The molecule has 0 saturated heterocycles. The summed E-state index contributed by atoms with van der Waals surface area (Å²) in [5, 5.41) is 10.7. The van der Waals surface area contributed by atoms with E-state index in [1.165, 1.54) is 25.3 Å². The van der Waals surface area contributed by atoms with Gasteiger partial charge in [-0.2, -0.15) is 0 Å². The van der Waals surface area contributed by atoms with Crippen molar-refractivity contribution in [1.29, 1.82) is 0 Å². The van der Waals surface area contributed by atoms with Gasteiger partial charge < -0.3 is 14.2 Å². The van der Waals surface area contributed by atoms with Crippen LogP contribution in [0.2, 0.25) is 0 Å². The molecule has 7 heteroatoms. The van der Waals surface area contributed by atoms with E-state index in [0.717, 1.165) is 11.1 Å². The van der Waals surface area contributed by atoms with Crippen molar-refractivity contribution in [3.8, 4) is 11.5 Å². The van der Waals surface area contributed by atoms with Gasteiger partial charge in [0.1, 0.15) is 6.61 Å². The quantitative estimate of drug-likeness (QED) is 0.309. The first-order chi connectivity index (χ1) is 12.5. The summed E-state index contributed by atoms with van der Waals surface area (Å²) in [6, 6.07) is 11.4. The van der Waals surface area contributed by atoms with Gasteiger partial charge in [0.25, 0.3) is 5.69 Å². The number of carbonyl (C=O) groups excluding carboxylic acids is 1. The molecule has 0 saturated carbocycles. The molecule has 0 aliphatic heterocycles. The minimum atomic E-state index is -0.451. The number of esters is 1. The fourth-order valence-corrected chi connectivity index (χ4v) is 2.14. The molecule has 0 radical (unpaired) electrons. The maximum absolute atomic E-state index is 11.4. The molecule has 26 heavy (non-hydrogen) atoms. The molecule has 0 bridgehead atoms. The monoisotopic (exact) mass is 357 g/mol. The van der Waals surface area contributed by atoms with Crippen molar-refractivity contribution in [2.75, 3.05) is 13.7 Å². The summed E-state index contributed by atoms with van der Waals surface area (Å²) in [7, 11) is 1.53. The van der Waals surface area contributed by atoms with Crippen LogP contribution in [0.4, 0.5) is 5.69 Å². The molecule has 0 heterocycles. The number of rotatable bonds is 8. The molecule has 0 atom stereocenters. The molecule has 0 aromatic heterocycles. The van der Waals surface area contributed by atoms with Gasteiger partial charge in [0.2, 0.25) is 0 Å². The molecule has 2 aromatic carbocycles. The average molecular weight is 357 g/mol. The first kappa shape index (κ1) is 19.0. The fourth-order valence-electron chi connectivity index (χ4n) is 2.14. The Morgan fingerprint density at radius 3 is 2.50 bits per heavy atom. The Bertz CT molecular complexity index is 798. The van der Waals surface area contributed by atoms with Crippen LogP contribution in [0.1, 0.15) is 18.1 Å². The predicted octanol–water partition coefficient (Wildman–Crippen LogP) is 3.76. The van der Waals surface area contributed by atoms with Gasteiger partial charge in [-0.15, -0.1) is 0 Å². The second-order valence-corrected chi connectivity index (χ2v) is 5.21. The maximum atomic E-state index is 11.4. The predicted molar refractivity (Wildman–Crippen MR) is 96.1 cm³/mol. The number of carbonyl (C=O) groups is 1. The highest BCUT2D eigenvalue weighted by Gasteiger charge is 2.08. The van der Waals surface area contributed by atoms with Gasteiger partial charge in [0.15, 0.2) is 11.5 Å². The highest BCUT2D eigenvalue weighted by Crippen LogP contribution is 2.29. The minimum absolute atomic E-state index is 0.0254.